The van der Waals surface area contributed by atoms with Crippen LogP contribution in [0.15, 0.2) is 35.7 Å². The van der Waals surface area contributed by atoms with Gasteiger partial charge in [0.15, 0.2) is 0 Å². The van der Waals surface area contributed by atoms with E-state index in [9.17, 15) is 4.79 Å². The second-order valence-corrected chi connectivity index (χ2v) is 5.35. The standard InChI is InChI=1S/C13H13ClN2OS/c1-8-4-5-9(14)10(7-8)16-13(17)12(15)11-3-2-6-18-11/h2-7,12H,15H2,1H3,(H,16,17). The molecule has 2 rings (SSSR count). The zero-order chi connectivity index (χ0) is 13.1. The van der Waals surface area contributed by atoms with E-state index in [-0.39, 0.29) is 5.91 Å². The summed E-state index contributed by atoms with van der Waals surface area (Å²) in [6.07, 6.45) is 0. The van der Waals surface area contributed by atoms with E-state index < -0.39 is 6.04 Å². The molecule has 0 aliphatic carbocycles. The molecule has 0 spiro atoms. The normalized spacial score (nSPS) is 12.2. The summed E-state index contributed by atoms with van der Waals surface area (Å²) >= 11 is 7.48. The van der Waals surface area contributed by atoms with Crippen LogP contribution in [-0.2, 0) is 4.79 Å². The molecule has 18 heavy (non-hydrogen) atoms. The lowest BCUT2D eigenvalue weighted by atomic mass is 10.2. The van der Waals surface area contributed by atoms with Crippen LogP contribution in [-0.4, -0.2) is 5.91 Å². The quantitative estimate of drug-likeness (QED) is 0.906. The van der Waals surface area contributed by atoms with Gasteiger partial charge in [0.1, 0.15) is 6.04 Å². The minimum atomic E-state index is -0.665. The van der Waals surface area contributed by atoms with Gasteiger partial charge >= 0.3 is 0 Å². The van der Waals surface area contributed by atoms with Crippen LogP contribution >= 0.6 is 22.9 Å². The van der Waals surface area contributed by atoms with Crippen LogP contribution in [0.1, 0.15) is 16.5 Å². The summed E-state index contributed by atoms with van der Waals surface area (Å²) < 4.78 is 0. The van der Waals surface area contributed by atoms with E-state index in [0.717, 1.165) is 10.4 Å². The van der Waals surface area contributed by atoms with Crippen molar-refractivity contribution in [1.82, 2.24) is 0 Å². The van der Waals surface area contributed by atoms with E-state index in [0.29, 0.717) is 10.7 Å². The van der Waals surface area contributed by atoms with Crippen LogP contribution in [0.3, 0.4) is 0 Å². The van der Waals surface area contributed by atoms with E-state index in [4.69, 9.17) is 17.3 Å². The fourth-order valence-electron chi connectivity index (χ4n) is 1.54. The molecule has 3 nitrogen and oxygen atoms in total. The van der Waals surface area contributed by atoms with Gasteiger partial charge in [0.25, 0.3) is 0 Å². The monoisotopic (exact) mass is 280 g/mol. The largest absolute Gasteiger partial charge is 0.323 e. The summed E-state index contributed by atoms with van der Waals surface area (Å²) in [5.41, 5.74) is 7.49. The second-order valence-electron chi connectivity index (χ2n) is 3.97. The number of carbonyl (C=O) groups excluding carboxylic acids is 1. The Morgan fingerprint density at radius 3 is 2.89 bits per heavy atom. The van der Waals surface area contributed by atoms with Crippen molar-refractivity contribution in [1.29, 1.82) is 0 Å². The van der Waals surface area contributed by atoms with Crippen molar-refractivity contribution in [3.63, 3.8) is 0 Å². The van der Waals surface area contributed by atoms with Gasteiger partial charge in [-0.1, -0.05) is 23.7 Å². The van der Waals surface area contributed by atoms with Crippen LogP contribution in [0.2, 0.25) is 5.02 Å². The number of halogens is 1. The Morgan fingerprint density at radius 1 is 1.44 bits per heavy atom. The minimum absolute atomic E-state index is 0.259. The first-order chi connectivity index (χ1) is 8.58. The number of carbonyl (C=O) groups is 1. The molecule has 0 aliphatic rings. The SMILES string of the molecule is Cc1ccc(Cl)c(NC(=O)C(N)c2cccs2)c1. The number of aryl methyl sites for hydroxylation is 1. The first kappa shape index (κ1) is 13.1. The zero-order valence-corrected chi connectivity index (χ0v) is 11.4. The average molecular weight is 281 g/mol. The molecule has 0 bridgehead atoms. The Labute approximate surface area is 115 Å². The molecule has 5 heteroatoms. The van der Waals surface area contributed by atoms with Gasteiger partial charge in [-0.25, -0.2) is 0 Å². The smallest absolute Gasteiger partial charge is 0.246 e. The average Bonchev–Trinajstić information content (AvgIpc) is 2.86. The van der Waals surface area contributed by atoms with Crippen molar-refractivity contribution in [2.24, 2.45) is 5.73 Å². The Balaban J connectivity index is 2.14. The summed E-state index contributed by atoms with van der Waals surface area (Å²) in [7, 11) is 0. The maximum Gasteiger partial charge on any atom is 0.246 e. The number of rotatable bonds is 3. The predicted molar refractivity (Wildman–Crippen MR) is 76.1 cm³/mol. The summed E-state index contributed by atoms with van der Waals surface area (Å²) in [5.74, 6) is -0.259. The molecule has 1 atom stereocenters. The molecule has 3 N–H and O–H groups in total. The fourth-order valence-corrected chi connectivity index (χ4v) is 2.43. The molecule has 0 saturated heterocycles. The first-order valence-electron chi connectivity index (χ1n) is 5.44. The molecular weight excluding hydrogens is 268 g/mol. The topological polar surface area (TPSA) is 55.1 Å². The number of anilines is 1. The van der Waals surface area contributed by atoms with Crippen molar-refractivity contribution < 1.29 is 4.79 Å². The highest BCUT2D eigenvalue weighted by molar-refractivity contribution is 7.10. The Kier molecular flexibility index (Phi) is 4.01. The highest BCUT2D eigenvalue weighted by Crippen LogP contribution is 2.24. The molecule has 1 unspecified atom stereocenters. The van der Waals surface area contributed by atoms with Crippen molar-refractivity contribution in [3.8, 4) is 0 Å². The highest BCUT2D eigenvalue weighted by atomic mass is 35.5. The molecule has 0 saturated carbocycles. The number of hydrogen-bond acceptors (Lipinski definition) is 3. The first-order valence-corrected chi connectivity index (χ1v) is 6.69. The molecule has 0 radical (unpaired) electrons. The summed E-state index contributed by atoms with van der Waals surface area (Å²) in [5, 5.41) is 5.15. The maximum atomic E-state index is 12.0. The van der Waals surface area contributed by atoms with Crippen LogP contribution in [0.25, 0.3) is 0 Å². The molecule has 1 aromatic heterocycles. The maximum absolute atomic E-state index is 12.0. The highest BCUT2D eigenvalue weighted by Gasteiger charge is 2.17. The zero-order valence-electron chi connectivity index (χ0n) is 9.81. The number of amides is 1. The molecule has 1 heterocycles. The van der Waals surface area contributed by atoms with Gasteiger partial charge in [0.2, 0.25) is 5.91 Å². The third-order valence-electron chi connectivity index (χ3n) is 2.51. The van der Waals surface area contributed by atoms with E-state index in [1.54, 1.807) is 6.07 Å². The number of nitrogens with one attached hydrogen (secondary N) is 1. The summed E-state index contributed by atoms with van der Waals surface area (Å²) in [6, 6.07) is 8.50. The Hall–Kier alpha value is -1.36. The second kappa shape index (κ2) is 5.52. The van der Waals surface area contributed by atoms with Gasteiger partial charge in [-0.3, -0.25) is 4.79 Å². The Bertz CT molecular complexity index is 554. The molecular formula is C13H13ClN2OS. The molecule has 0 aliphatic heterocycles. The van der Waals surface area contributed by atoms with Gasteiger partial charge in [-0.2, -0.15) is 0 Å². The third kappa shape index (κ3) is 2.90. The van der Waals surface area contributed by atoms with E-state index in [1.165, 1.54) is 11.3 Å². The van der Waals surface area contributed by atoms with Gasteiger partial charge < -0.3 is 11.1 Å². The summed E-state index contributed by atoms with van der Waals surface area (Å²) in [6.45, 7) is 1.94. The molecule has 2 aromatic rings. The van der Waals surface area contributed by atoms with Crippen LogP contribution < -0.4 is 11.1 Å². The molecule has 1 aromatic carbocycles. The fraction of sp³-hybridized carbons (Fsp3) is 0.154. The number of nitrogens with two attached hydrogens (primary N) is 1. The van der Waals surface area contributed by atoms with Crippen molar-refractivity contribution in [2.45, 2.75) is 13.0 Å². The van der Waals surface area contributed by atoms with Gasteiger partial charge in [0, 0.05) is 4.88 Å². The number of thiophene rings is 1. The molecule has 1 amide bonds. The van der Waals surface area contributed by atoms with Crippen LogP contribution in [0.5, 0.6) is 0 Å². The molecule has 94 valence electrons. The van der Waals surface area contributed by atoms with Crippen LogP contribution in [0.4, 0.5) is 5.69 Å². The lowest BCUT2D eigenvalue weighted by Crippen LogP contribution is -2.27. The van der Waals surface area contributed by atoms with E-state index in [2.05, 4.69) is 5.32 Å². The van der Waals surface area contributed by atoms with Crippen molar-refractivity contribution >= 4 is 34.5 Å². The minimum Gasteiger partial charge on any atom is -0.323 e. The number of benzene rings is 1. The number of hydrogen-bond donors (Lipinski definition) is 2. The van der Waals surface area contributed by atoms with E-state index >= 15 is 0 Å². The van der Waals surface area contributed by atoms with Gasteiger partial charge in [-0.05, 0) is 36.1 Å². The van der Waals surface area contributed by atoms with Crippen molar-refractivity contribution in [2.75, 3.05) is 5.32 Å². The van der Waals surface area contributed by atoms with Gasteiger partial charge in [0.05, 0.1) is 10.7 Å². The van der Waals surface area contributed by atoms with Crippen molar-refractivity contribution in [3.05, 3.63) is 51.2 Å². The lowest BCUT2D eigenvalue weighted by Gasteiger charge is -2.12. The lowest BCUT2D eigenvalue weighted by molar-refractivity contribution is -0.117. The third-order valence-corrected chi connectivity index (χ3v) is 3.80. The summed E-state index contributed by atoms with van der Waals surface area (Å²) in [4.78, 5) is 12.8. The predicted octanol–water partition coefficient (Wildman–Crippen LogP) is 3.35. The van der Waals surface area contributed by atoms with Gasteiger partial charge in [-0.15, -0.1) is 11.3 Å². The molecule has 0 fully saturated rings. The van der Waals surface area contributed by atoms with Crippen LogP contribution in [0, 0.1) is 6.92 Å². The van der Waals surface area contributed by atoms with E-state index in [1.807, 2.05) is 36.6 Å². The Morgan fingerprint density at radius 2 is 2.22 bits per heavy atom.